The number of hydrogen-bond donors (Lipinski definition) is 1. The van der Waals surface area contributed by atoms with Gasteiger partial charge >= 0.3 is 0 Å². The highest BCUT2D eigenvalue weighted by Gasteiger charge is 2.48. The zero-order chi connectivity index (χ0) is 38.6. The van der Waals surface area contributed by atoms with E-state index < -0.39 is 50.5 Å². The van der Waals surface area contributed by atoms with Crippen LogP contribution >= 0.6 is 11.6 Å². The number of hydrogen-bond acceptors (Lipinski definition) is 9. The fraction of sp³-hybridized carbons (Fsp3) is 0.600. The number of benzene rings is 2. The smallest absolute Gasteiger partial charge is 0.264 e. The van der Waals surface area contributed by atoms with Crippen LogP contribution in [0.2, 0.25) is 5.02 Å². The van der Waals surface area contributed by atoms with Crippen molar-refractivity contribution in [2.24, 2.45) is 5.92 Å². The zero-order valence-corrected chi connectivity index (χ0v) is 33.4. The van der Waals surface area contributed by atoms with Gasteiger partial charge < -0.3 is 24.0 Å². The van der Waals surface area contributed by atoms with Crippen LogP contribution in [0.25, 0.3) is 0 Å². The standard InChI is InChI=1S/C40H54ClFN4O7S/c1-27-11-15-33(42)37(39(48)44(18-7-21-51-3)19-8-22-52-4)45-20-6-10-36(45)46-25-40(17-5-9-29-23-31(41)13-14-32(29)40)26-53-35-16-12-30(24-34(35)46)38(47)43-54(49,50)28(27)2/h12-16,23-24,27-28,36-37H,5-11,17-22,25-26H2,1-4H3,(H,43,47)/b33-15-/t27-,28+,36+,37+,40-/m0/s1. The molecule has 5 atom stereocenters. The van der Waals surface area contributed by atoms with Crippen LogP contribution in [0.4, 0.5) is 10.1 Å². The SMILES string of the molecule is COCCCN(CCCOC)C(=O)[C@H]1/C(F)=C/C[C@H](C)[C@@H](C)S(=O)(=O)NC(=O)c2ccc3c(c2)N(C[C@@]2(CCCc4cc(Cl)ccc42)CO3)[C@@H]2CCCN12. The van der Waals surface area contributed by atoms with Crippen LogP contribution in [-0.4, -0.2) is 108 Å². The Morgan fingerprint density at radius 3 is 2.56 bits per heavy atom. The number of nitrogens with one attached hydrogen (secondary N) is 1. The number of aryl methyl sites for hydroxylation is 1. The maximum Gasteiger partial charge on any atom is 0.264 e. The number of ether oxygens (including phenoxy) is 3. The molecule has 1 aliphatic carbocycles. The quantitative estimate of drug-likeness (QED) is 0.313. The first-order chi connectivity index (χ1) is 25.9. The van der Waals surface area contributed by atoms with E-state index >= 15 is 4.39 Å². The number of rotatable bonds is 9. The summed E-state index contributed by atoms with van der Waals surface area (Å²) >= 11 is 6.48. The summed E-state index contributed by atoms with van der Waals surface area (Å²) in [5.41, 5.74) is 2.57. The second kappa shape index (κ2) is 17.3. The Bertz CT molecular complexity index is 1820. The summed E-state index contributed by atoms with van der Waals surface area (Å²) < 4.78 is 63.7. The van der Waals surface area contributed by atoms with Crippen molar-refractivity contribution in [2.75, 3.05) is 65.1 Å². The number of amides is 2. The molecule has 2 amide bonds. The van der Waals surface area contributed by atoms with Gasteiger partial charge in [0, 0.05) is 69.6 Å². The van der Waals surface area contributed by atoms with Gasteiger partial charge in [-0.25, -0.2) is 17.5 Å². The predicted octanol–water partition coefficient (Wildman–Crippen LogP) is 5.85. The number of sulfonamides is 1. The molecular weight excluding hydrogens is 735 g/mol. The van der Waals surface area contributed by atoms with Gasteiger partial charge in [-0.2, -0.15) is 0 Å². The van der Waals surface area contributed by atoms with Crippen LogP contribution in [-0.2, 0) is 36.1 Å². The molecule has 0 radical (unpaired) electrons. The fourth-order valence-electron chi connectivity index (χ4n) is 8.62. The Kier molecular flexibility index (Phi) is 12.9. The summed E-state index contributed by atoms with van der Waals surface area (Å²) in [5, 5.41) is -0.359. The third kappa shape index (κ3) is 8.45. The van der Waals surface area contributed by atoms with Crippen LogP contribution in [0.1, 0.15) is 80.3 Å². The van der Waals surface area contributed by atoms with Gasteiger partial charge in [-0.1, -0.05) is 30.7 Å². The second-order valence-electron chi connectivity index (χ2n) is 15.3. The van der Waals surface area contributed by atoms with Crippen molar-refractivity contribution in [1.82, 2.24) is 14.5 Å². The summed E-state index contributed by atoms with van der Waals surface area (Å²) in [6.45, 7) is 6.15. The van der Waals surface area contributed by atoms with Gasteiger partial charge in [-0.05, 0) is 106 Å². The van der Waals surface area contributed by atoms with Crippen LogP contribution in [0.5, 0.6) is 5.75 Å². The van der Waals surface area contributed by atoms with Crippen molar-refractivity contribution >= 4 is 39.1 Å². The summed E-state index contributed by atoms with van der Waals surface area (Å²) in [5.74, 6) is -1.75. The summed E-state index contributed by atoms with van der Waals surface area (Å²) in [4.78, 5) is 34.4. The van der Waals surface area contributed by atoms with Crippen molar-refractivity contribution in [1.29, 1.82) is 0 Å². The van der Waals surface area contributed by atoms with Gasteiger partial charge in [0.15, 0.2) is 0 Å². The zero-order valence-electron chi connectivity index (χ0n) is 31.8. The summed E-state index contributed by atoms with van der Waals surface area (Å²) in [6, 6.07) is 9.73. The number of anilines is 1. The Morgan fingerprint density at radius 2 is 1.83 bits per heavy atom. The maximum atomic E-state index is 17.1. The predicted molar refractivity (Wildman–Crippen MR) is 207 cm³/mol. The van der Waals surface area contributed by atoms with E-state index in [1.807, 2.05) is 17.0 Å². The number of fused-ring (bicyclic) bond motifs is 5. The minimum Gasteiger partial charge on any atom is -0.490 e. The van der Waals surface area contributed by atoms with Gasteiger partial charge in [-0.15, -0.1) is 0 Å². The van der Waals surface area contributed by atoms with E-state index in [0.717, 1.165) is 30.4 Å². The first-order valence-corrected chi connectivity index (χ1v) is 21.1. The average molecular weight is 789 g/mol. The lowest BCUT2D eigenvalue weighted by Crippen LogP contribution is -2.58. The molecule has 0 aromatic heterocycles. The molecule has 1 spiro atoms. The summed E-state index contributed by atoms with van der Waals surface area (Å²) in [6.07, 6.45) is 6.09. The number of methoxy groups -OCH3 is 2. The normalized spacial score (nSPS) is 28.0. The van der Waals surface area contributed by atoms with E-state index in [0.29, 0.717) is 88.1 Å². The number of halogens is 2. The monoisotopic (exact) mass is 788 g/mol. The van der Waals surface area contributed by atoms with E-state index in [4.69, 9.17) is 25.8 Å². The van der Waals surface area contributed by atoms with Crippen LogP contribution in [0.3, 0.4) is 0 Å². The minimum atomic E-state index is -4.15. The van der Waals surface area contributed by atoms with E-state index in [1.165, 1.54) is 13.0 Å². The van der Waals surface area contributed by atoms with Gasteiger partial charge in [0.1, 0.15) is 17.6 Å². The summed E-state index contributed by atoms with van der Waals surface area (Å²) in [7, 11) is -0.925. The molecule has 0 saturated carbocycles. The molecule has 4 aliphatic rings. The lowest BCUT2D eigenvalue weighted by Gasteiger charge is -2.45. The Morgan fingerprint density at radius 1 is 1.09 bits per heavy atom. The molecule has 2 aromatic carbocycles. The number of allylic oxidation sites excluding steroid dienone is 1. The first-order valence-electron chi connectivity index (χ1n) is 19.2. The molecule has 3 aliphatic heterocycles. The molecular formula is C40H54ClFN4O7S. The fourth-order valence-corrected chi connectivity index (χ4v) is 10.1. The van der Waals surface area contributed by atoms with Crippen molar-refractivity contribution in [3.63, 3.8) is 0 Å². The molecule has 2 bridgehead atoms. The minimum absolute atomic E-state index is 0.0512. The third-order valence-electron chi connectivity index (χ3n) is 11.8. The van der Waals surface area contributed by atoms with Gasteiger partial charge in [0.25, 0.3) is 5.91 Å². The second-order valence-corrected chi connectivity index (χ2v) is 17.8. The number of carbonyl (C=O) groups is 2. The Hall–Kier alpha value is -3.23. The number of carbonyl (C=O) groups excluding carboxylic acids is 2. The third-order valence-corrected chi connectivity index (χ3v) is 13.9. The average Bonchev–Trinajstić information content (AvgIpc) is 3.56. The highest BCUT2D eigenvalue weighted by atomic mass is 35.5. The molecule has 1 saturated heterocycles. The maximum absolute atomic E-state index is 17.1. The van der Waals surface area contributed by atoms with Gasteiger partial charge in [0.2, 0.25) is 15.9 Å². The van der Waals surface area contributed by atoms with E-state index in [2.05, 4.69) is 15.7 Å². The molecule has 0 unspecified atom stereocenters. The number of nitrogens with zero attached hydrogens (tertiary/aromatic N) is 3. The molecule has 54 heavy (non-hydrogen) atoms. The molecule has 14 heteroatoms. The van der Waals surface area contributed by atoms with Crippen molar-refractivity contribution < 1.29 is 36.6 Å². The molecule has 1 fully saturated rings. The topological polar surface area (TPSA) is 118 Å². The van der Waals surface area contributed by atoms with Crippen LogP contribution in [0, 0.1) is 5.92 Å². The Balaban J connectivity index is 1.51. The van der Waals surface area contributed by atoms with E-state index in [1.54, 1.807) is 44.2 Å². The first kappa shape index (κ1) is 40.4. The highest BCUT2D eigenvalue weighted by Crippen LogP contribution is 2.47. The lowest BCUT2D eigenvalue weighted by molar-refractivity contribution is -0.137. The largest absolute Gasteiger partial charge is 0.490 e. The molecule has 1 N–H and O–H groups in total. The molecule has 6 rings (SSSR count). The van der Waals surface area contributed by atoms with Gasteiger partial charge in [0.05, 0.1) is 23.7 Å². The van der Waals surface area contributed by atoms with Crippen molar-refractivity contribution in [2.45, 2.75) is 88.1 Å². The van der Waals surface area contributed by atoms with Crippen LogP contribution in [0.15, 0.2) is 48.3 Å². The molecule has 11 nitrogen and oxygen atoms in total. The van der Waals surface area contributed by atoms with E-state index in [9.17, 15) is 18.0 Å². The van der Waals surface area contributed by atoms with E-state index in [-0.39, 0.29) is 17.9 Å². The highest BCUT2D eigenvalue weighted by molar-refractivity contribution is 7.90. The van der Waals surface area contributed by atoms with Crippen molar-refractivity contribution in [3.8, 4) is 5.75 Å². The lowest BCUT2D eigenvalue weighted by atomic mass is 9.70. The molecule has 2 aromatic rings. The van der Waals surface area contributed by atoms with Gasteiger partial charge in [-0.3, -0.25) is 14.5 Å². The molecule has 3 heterocycles. The van der Waals surface area contributed by atoms with Crippen molar-refractivity contribution in [3.05, 3.63) is 70.0 Å². The van der Waals surface area contributed by atoms with Crippen LogP contribution < -0.4 is 14.4 Å². The Labute approximate surface area is 324 Å². The molecule has 296 valence electrons.